The van der Waals surface area contributed by atoms with Crippen molar-refractivity contribution in [3.05, 3.63) is 170 Å². The van der Waals surface area contributed by atoms with Crippen LogP contribution in [-0.4, -0.2) is 4.57 Å². The van der Waals surface area contributed by atoms with Gasteiger partial charge < -0.3 is 4.57 Å². The average Bonchev–Trinajstić information content (AvgIpc) is 3.83. The highest BCUT2D eigenvalue weighted by Crippen LogP contribution is 2.47. The van der Waals surface area contributed by atoms with Crippen molar-refractivity contribution in [1.82, 2.24) is 4.57 Å². The topological polar surface area (TPSA) is 4.93 Å². The van der Waals surface area contributed by atoms with Gasteiger partial charge in [0, 0.05) is 27.8 Å². The van der Waals surface area contributed by atoms with E-state index in [0.29, 0.717) is 6.04 Å². The lowest BCUT2D eigenvalue weighted by Gasteiger charge is -2.19. The smallest absolute Gasteiger partial charge is 0.0494 e. The molecule has 9 aromatic rings. The molecule has 8 aromatic carbocycles. The number of para-hydroxylation sites is 1. The Morgan fingerprint density at radius 1 is 0.320 bits per heavy atom. The van der Waals surface area contributed by atoms with Gasteiger partial charge in [-0.2, -0.15) is 0 Å². The van der Waals surface area contributed by atoms with E-state index in [9.17, 15) is 0 Å². The first-order valence-corrected chi connectivity index (χ1v) is 18.0. The molecular formula is C49H37N. The summed E-state index contributed by atoms with van der Waals surface area (Å²) in [7, 11) is 0. The van der Waals surface area contributed by atoms with Crippen LogP contribution >= 0.6 is 0 Å². The van der Waals surface area contributed by atoms with E-state index in [1.54, 1.807) is 0 Å². The number of hydrogen-bond acceptors (Lipinski definition) is 0. The normalized spacial score (nSPS) is 13.6. The first-order chi connectivity index (χ1) is 24.8. The van der Waals surface area contributed by atoms with E-state index in [1.807, 2.05) is 0 Å². The lowest BCUT2D eigenvalue weighted by Crippen LogP contribution is -2.03. The van der Waals surface area contributed by atoms with Gasteiger partial charge in [-0.1, -0.05) is 146 Å². The third-order valence-electron chi connectivity index (χ3n) is 11.1. The molecule has 0 unspecified atom stereocenters. The Morgan fingerprint density at radius 2 is 0.760 bits per heavy atom. The summed E-state index contributed by atoms with van der Waals surface area (Å²) in [6.45, 7) is 0. The van der Waals surface area contributed by atoms with Gasteiger partial charge in [0.15, 0.2) is 0 Å². The number of fused-ring (bicyclic) bond motifs is 5. The molecule has 1 heterocycles. The highest BCUT2D eigenvalue weighted by molar-refractivity contribution is 6.22. The van der Waals surface area contributed by atoms with Gasteiger partial charge in [-0.25, -0.2) is 0 Å². The van der Waals surface area contributed by atoms with Crippen LogP contribution in [0.1, 0.15) is 31.7 Å². The maximum absolute atomic E-state index is 2.64. The van der Waals surface area contributed by atoms with Crippen molar-refractivity contribution < 1.29 is 0 Å². The second kappa shape index (κ2) is 11.9. The van der Waals surface area contributed by atoms with E-state index in [-0.39, 0.29) is 0 Å². The SMILES string of the molecule is c1ccc(-c2cc(-c3ccccc3)cc(-c3c4ccccc4c(-c4ccc5c(c4)c4ccccc4n5C4CCCC4)c4ccccc34)c2)cc1. The zero-order chi connectivity index (χ0) is 33.0. The van der Waals surface area contributed by atoms with Gasteiger partial charge in [0.1, 0.15) is 0 Å². The lowest BCUT2D eigenvalue weighted by atomic mass is 9.84. The second-order valence-electron chi connectivity index (χ2n) is 13.9. The summed E-state index contributed by atoms with van der Waals surface area (Å²) in [6, 6.07) is 63.6. The number of rotatable bonds is 5. The van der Waals surface area contributed by atoms with Crippen molar-refractivity contribution in [3.8, 4) is 44.5 Å². The molecule has 238 valence electrons. The predicted molar refractivity (Wildman–Crippen MR) is 214 cm³/mol. The van der Waals surface area contributed by atoms with Crippen LogP contribution in [0.15, 0.2) is 170 Å². The van der Waals surface area contributed by atoms with E-state index in [2.05, 4.69) is 174 Å². The molecule has 0 bridgehead atoms. The summed E-state index contributed by atoms with van der Waals surface area (Å²) in [5.74, 6) is 0. The van der Waals surface area contributed by atoms with Crippen LogP contribution in [-0.2, 0) is 0 Å². The fraction of sp³-hybridized carbons (Fsp3) is 0.102. The van der Waals surface area contributed by atoms with E-state index < -0.39 is 0 Å². The van der Waals surface area contributed by atoms with E-state index in [0.717, 1.165) is 0 Å². The standard InChI is InChI=1S/C49H37N/c1-3-15-33(16-4-1)36-29-37(34-17-5-2-6-18-34)31-38(30-36)49-43-24-11-9-22-41(43)48(42-23-10-12-25-44(42)49)35-27-28-47-45(32-35)40-21-13-14-26-46(40)50(47)39-19-7-8-20-39/h1-6,9-18,21-32,39H,7-8,19-20H2. The third-order valence-corrected chi connectivity index (χ3v) is 11.1. The summed E-state index contributed by atoms with van der Waals surface area (Å²) >= 11 is 0. The molecule has 1 nitrogen and oxygen atoms in total. The van der Waals surface area contributed by atoms with Gasteiger partial charge in [0.25, 0.3) is 0 Å². The van der Waals surface area contributed by atoms with Gasteiger partial charge in [-0.3, -0.25) is 0 Å². The van der Waals surface area contributed by atoms with Gasteiger partial charge in [-0.05, 0) is 115 Å². The molecule has 10 rings (SSSR count). The van der Waals surface area contributed by atoms with Crippen molar-refractivity contribution in [1.29, 1.82) is 0 Å². The minimum atomic E-state index is 0.580. The molecule has 1 aliphatic carbocycles. The predicted octanol–water partition coefficient (Wildman–Crippen LogP) is 13.9. The van der Waals surface area contributed by atoms with E-state index >= 15 is 0 Å². The summed E-state index contributed by atoms with van der Waals surface area (Å²) in [5, 5.41) is 7.83. The van der Waals surface area contributed by atoms with Crippen LogP contribution in [0.2, 0.25) is 0 Å². The Morgan fingerprint density at radius 3 is 1.32 bits per heavy atom. The number of benzene rings is 8. The quantitative estimate of drug-likeness (QED) is 0.165. The largest absolute Gasteiger partial charge is 0.337 e. The molecule has 0 atom stereocenters. The maximum Gasteiger partial charge on any atom is 0.0494 e. The summed E-state index contributed by atoms with van der Waals surface area (Å²) in [6.07, 6.45) is 5.18. The van der Waals surface area contributed by atoms with Crippen molar-refractivity contribution in [2.24, 2.45) is 0 Å². The highest BCUT2D eigenvalue weighted by atomic mass is 15.0. The molecule has 0 amide bonds. The first-order valence-electron chi connectivity index (χ1n) is 18.0. The van der Waals surface area contributed by atoms with Gasteiger partial charge in [0.05, 0.1) is 0 Å². The van der Waals surface area contributed by atoms with Crippen LogP contribution in [0.5, 0.6) is 0 Å². The number of hydrogen-bond donors (Lipinski definition) is 0. The lowest BCUT2D eigenvalue weighted by molar-refractivity contribution is 0.550. The van der Waals surface area contributed by atoms with Crippen molar-refractivity contribution >= 4 is 43.4 Å². The molecule has 1 fully saturated rings. The Kier molecular flexibility index (Phi) is 6.91. The van der Waals surface area contributed by atoms with Gasteiger partial charge in [-0.15, -0.1) is 0 Å². The fourth-order valence-corrected chi connectivity index (χ4v) is 8.83. The first kappa shape index (κ1) is 29.0. The minimum absolute atomic E-state index is 0.580. The monoisotopic (exact) mass is 639 g/mol. The zero-order valence-corrected chi connectivity index (χ0v) is 28.0. The Balaban J connectivity index is 1.25. The molecule has 0 radical (unpaired) electrons. The van der Waals surface area contributed by atoms with Crippen molar-refractivity contribution in [3.63, 3.8) is 0 Å². The van der Waals surface area contributed by atoms with Crippen LogP contribution in [0.4, 0.5) is 0 Å². The Labute approximate surface area is 293 Å². The van der Waals surface area contributed by atoms with Crippen molar-refractivity contribution in [2.75, 3.05) is 0 Å². The molecule has 0 spiro atoms. The summed E-state index contributed by atoms with van der Waals surface area (Å²) in [5.41, 5.74) is 12.7. The summed E-state index contributed by atoms with van der Waals surface area (Å²) < 4.78 is 2.64. The maximum atomic E-state index is 2.64. The van der Waals surface area contributed by atoms with E-state index in [4.69, 9.17) is 0 Å². The minimum Gasteiger partial charge on any atom is -0.337 e. The zero-order valence-electron chi connectivity index (χ0n) is 28.0. The van der Waals surface area contributed by atoms with Gasteiger partial charge >= 0.3 is 0 Å². The van der Waals surface area contributed by atoms with Crippen LogP contribution < -0.4 is 0 Å². The third kappa shape index (κ3) is 4.69. The Bertz CT molecular complexity index is 2580. The van der Waals surface area contributed by atoms with Crippen LogP contribution in [0.3, 0.4) is 0 Å². The van der Waals surface area contributed by atoms with Crippen LogP contribution in [0.25, 0.3) is 87.9 Å². The van der Waals surface area contributed by atoms with E-state index in [1.165, 1.54) is 114 Å². The molecule has 1 aliphatic rings. The molecule has 0 N–H and O–H groups in total. The molecule has 50 heavy (non-hydrogen) atoms. The average molecular weight is 640 g/mol. The highest BCUT2D eigenvalue weighted by Gasteiger charge is 2.23. The summed E-state index contributed by atoms with van der Waals surface area (Å²) in [4.78, 5) is 0. The molecule has 0 saturated heterocycles. The number of aromatic nitrogens is 1. The molecular weight excluding hydrogens is 603 g/mol. The Hall–Kier alpha value is -5.92. The van der Waals surface area contributed by atoms with Crippen LogP contribution in [0, 0.1) is 0 Å². The molecule has 0 aliphatic heterocycles. The number of nitrogens with zero attached hydrogens (tertiary/aromatic N) is 1. The fourth-order valence-electron chi connectivity index (χ4n) is 8.83. The molecule has 1 aromatic heterocycles. The van der Waals surface area contributed by atoms with Crippen molar-refractivity contribution in [2.45, 2.75) is 31.7 Å². The molecule has 1 saturated carbocycles. The second-order valence-corrected chi connectivity index (χ2v) is 13.9. The van der Waals surface area contributed by atoms with Gasteiger partial charge in [0.2, 0.25) is 0 Å². The molecule has 1 heteroatoms.